The second-order valence-electron chi connectivity index (χ2n) is 8.99. The minimum absolute atomic E-state index is 0. The number of nitrogens with one attached hydrogen (secondary N) is 1. The standard InChI is InChI=1S/C26H26N2O6S.2H2/c1-17(29)15-27-35(31,32)21-8-5-18(6-9-21)22-4-2-3-20(28-22)14-25(30)26(11-12-26)19-7-10-23-24(13-19)34-16-33-23;;/h2-10,13,17,27,29H,11-12,14-16H2,1H3;2*1H/t17-;;/m1../s1. The highest BCUT2D eigenvalue weighted by Gasteiger charge is 2.51. The van der Waals surface area contributed by atoms with Gasteiger partial charge in [0.1, 0.15) is 5.78 Å². The first-order valence-electron chi connectivity index (χ1n) is 11.4. The van der Waals surface area contributed by atoms with Crippen LogP contribution in [0.15, 0.2) is 65.6 Å². The molecule has 0 radical (unpaired) electrons. The number of ketones is 1. The van der Waals surface area contributed by atoms with E-state index in [1.165, 1.54) is 19.1 Å². The summed E-state index contributed by atoms with van der Waals surface area (Å²) < 4.78 is 37.9. The van der Waals surface area contributed by atoms with Crippen LogP contribution in [-0.4, -0.2) is 43.7 Å². The summed E-state index contributed by atoms with van der Waals surface area (Å²) in [7, 11) is -3.71. The maximum absolute atomic E-state index is 13.3. The van der Waals surface area contributed by atoms with Crippen LogP contribution in [0.1, 0.15) is 33.9 Å². The van der Waals surface area contributed by atoms with Crippen LogP contribution in [0.5, 0.6) is 11.5 Å². The molecule has 1 aliphatic heterocycles. The van der Waals surface area contributed by atoms with Crippen molar-refractivity contribution < 1.29 is 30.6 Å². The Morgan fingerprint density at radius 3 is 2.57 bits per heavy atom. The van der Waals surface area contributed by atoms with Gasteiger partial charge in [-0.25, -0.2) is 13.1 Å². The Hall–Kier alpha value is -3.27. The van der Waals surface area contributed by atoms with E-state index in [9.17, 15) is 18.3 Å². The van der Waals surface area contributed by atoms with E-state index in [0.717, 1.165) is 24.0 Å². The first-order chi connectivity index (χ1) is 16.8. The molecule has 1 fully saturated rings. The molecule has 1 aliphatic carbocycles. The van der Waals surface area contributed by atoms with Gasteiger partial charge < -0.3 is 14.6 Å². The highest BCUT2D eigenvalue weighted by atomic mass is 32.2. The van der Waals surface area contributed by atoms with Crippen molar-refractivity contribution in [1.29, 1.82) is 0 Å². The number of aliphatic hydroxyl groups excluding tert-OH is 1. The van der Waals surface area contributed by atoms with Crippen molar-refractivity contribution >= 4 is 15.8 Å². The van der Waals surface area contributed by atoms with Crippen LogP contribution in [0.4, 0.5) is 0 Å². The highest BCUT2D eigenvalue weighted by Crippen LogP contribution is 2.51. The molecule has 35 heavy (non-hydrogen) atoms. The normalized spacial score (nSPS) is 16.6. The van der Waals surface area contributed by atoms with Gasteiger partial charge in [-0.2, -0.15) is 0 Å². The summed E-state index contributed by atoms with van der Waals surface area (Å²) in [6, 6.07) is 17.6. The van der Waals surface area contributed by atoms with Crippen molar-refractivity contribution in [3.8, 4) is 22.8 Å². The van der Waals surface area contributed by atoms with E-state index in [2.05, 4.69) is 9.71 Å². The molecule has 1 aromatic heterocycles. The molecule has 186 valence electrons. The first kappa shape index (κ1) is 23.5. The summed E-state index contributed by atoms with van der Waals surface area (Å²) >= 11 is 0. The van der Waals surface area contributed by atoms with E-state index in [1.54, 1.807) is 12.1 Å². The van der Waals surface area contributed by atoms with Crippen LogP contribution in [0.25, 0.3) is 11.3 Å². The topological polar surface area (TPSA) is 115 Å². The molecule has 0 unspecified atom stereocenters. The number of sulfonamides is 1. The molecule has 2 aromatic carbocycles. The molecule has 2 heterocycles. The number of Topliss-reactive ketones (excluding diaryl/α,β-unsaturated/α-hetero) is 1. The second kappa shape index (κ2) is 9.07. The molecule has 0 saturated heterocycles. The maximum Gasteiger partial charge on any atom is 0.240 e. The molecular weight excluding hydrogens is 468 g/mol. The number of fused-ring (bicyclic) bond motifs is 1. The molecule has 1 atom stereocenters. The molecular formula is C26H30N2O6S. The number of ether oxygens (including phenoxy) is 2. The Balaban J connectivity index is 0.00000190. The highest BCUT2D eigenvalue weighted by molar-refractivity contribution is 7.89. The van der Waals surface area contributed by atoms with Crippen LogP contribution >= 0.6 is 0 Å². The van der Waals surface area contributed by atoms with Gasteiger partial charge in [0, 0.05) is 27.1 Å². The van der Waals surface area contributed by atoms with Gasteiger partial charge in [0.05, 0.1) is 22.1 Å². The lowest BCUT2D eigenvalue weighted by molar-refractivity contribution is -0.120. The van der Waals surface area contributed by atoms with Crippen molar-refractivity contribution in [2.24, 2.45) is 0 Å². The van der Waals surface area contributed by atoms with Gasteiger partial charge in [0.25, 0.3) is 0 Å². The number of carbonyl (C=O) groups excluding carboxylic acids is 1. The maximum atomic E-state index is 13.3. The Kier molecular flexibility index (Phi) is 6.08. The second-order valence-corrected chi connectivity index (χ2v) is 10.8. The summed E-state index contributed by atoms with van der Waals surface area (Å²) in [5, 5.41) is 9.33. The van der Waals surface area contributed by atoms with Gasteiger partial charge in [-0.3, -0.25) is 9.78 Å². The van der Waals surface area contributed by atoms with Gasteiger partial charge in [0.2, 0.25) is 16.8 Å². The number of hydrogen-bond donors (Lipinski definition) is 2. The average molecular weight is 499 g/mol. The molecule has 0 bridgehead atoms. The van der Waals surface area contributed by atoms with Gasteiger partial charge in [-0.1, -0.05) is 24.3 Å². The van der Waals surface area contributed by atoms with Gasteiger partial charge >= 0.3 is 0 Å². The number of rotatable bonds is 9. The van der Waals surface area contributed by atoms with Crippen molar-refractivity contribution in [2.75, 3.05) is 13.3 Å². The third kappa shape index (κ3) is 4.80. The van der Waals surface area contributed by atoms with Crippen molar-refractivity contribution in [1.82, 2.24) is 9.71 Å². The number of nitrogens with zero attached hydrogens (tertiary/aromatic N) is 1. The molecule has 0 spiro atoms. The van der Waals surface area contributed by atoms with Crippen LogP contribution < -0.4 is 14.2 Å². The largest absolute Gasteiger partial charge is 0.454 e. The van der Waals surface area contributed by atoms with Gasteiger partial charge in [0.15, 0.2) is 11.5 Å². The molecule has 1 saturated carbocycles. The van der Waals surface area contributed by atoms with Gasteiger partial charge in [-0.05, 0) is 61.7 Å². The van der Waals surface area contributed by atoms with E-state index < -0.39 is 21.5 Å². The predicted octanol–water partition coefficient (Wildman–Crippen LogP) is 3.47. The Morgan fingerprint density at radius 1 is 1.11 bits per heavy atom. The van der Waals surface area contributed by atoms with Gasteiger partial charge in [-0.15, -0.1) is 0 Å². The number of aromatic nitrogens is 1. The van der Waals surface area contributed by atoms with Crippen LogP contribution in [-0.2, 0) is 26.7 Å². The average Bonchev–Trinajstić information content (AvgIpc) is 3.54. The van der Waals surface area contributed by atoms with Crippen molar-refractivity contribution in [2.45, 2.75) is 42.6 Å². The first-order valence-corrected chi connectivity index (χ1v) is 12.9. The van der Waals surface area contributed by atoms with E-state index in [-0.39, 0.29) is 33.3 Å². The number of carbonyl (C=O) groups is 1. The lowest BCUT2D eigenvalue weighted by atomic mass is 9.88. The third-order valence-corrected chi connectivity index (χ3v) is 7.83. The molecule has 2 N–H and O–H groups in total. The number of aliphatic hydroxyl groups is 1. The molecule has 5 rings (SSSR count). The lowest BCUT2D eigenvalue weighted by Gasteiger charge is -2.15. The summed E-state index contributed by atoms with van der Waals surface area (Å²) in [5.74, 6) is 1.49. The monoisotopic (exact) mass is 498 g/mol. The zero-order valence-corrected chi connectivity index (χ0v) is 20.0. The Labute approximate surface area is 207 Å². The zero-order valence-electron chi connectivity index (χ0n) is 19.2. The summed E-state index contributed by atoms with van der Waals surface area (Å²) in [6.45, 7) is 1.65. The van der Waals surface area contributed by atoms with Crippen LogP contribution in [0.2, 0.25) is 0 Å². The van der Waals surface area contributed by atoms with Crippen LogP contribution in [0.3, 0.4) is 0 Å². The Morgan fingerprint density at radius 2 is 1.86 bits per heavy atom. The smallest absolute Gasteiger partial charge is 0.240 e. The summed E-state index contributed by atoms with van der Waals surface area (Å²) in [4.78, 5) is 18.1. The minimum atomic E-state index is -3.71. The van der Waals surface area contributed by atoms with Crippen molar-refractivity contribution in [3.05, 3.63) is 71.9 Å². The fourth-order valence-corrected chi connectivity index (χ4v) is 5.36. The number of pyridine rings is 1. The van der Waals surface area contributed by atoms with Crippen molar-refractivity contribution in [3.63, 3.8) is 0 Å². The van der Waals surface area contributed by atoms with E-state index in [0.29, 0.717) is 22.9 Å². The van der Waals surface area contributed by atoms with E-state index in [4.69, 9.17) is 9.47 Å². The van der Waals surface area contributed by atoms with E-state index >= 15 is 0 Å². The molecule has 8 nitrogen and oxygen atoms in total. The molecule has 0 amide bonds. The lowest BCUT2D eigenvalue weighted by Crippen LogP contribution is -2.30. The molecule has 3 aromatic rings. The number of hydrogen-bond acceptors (Lipinski definition) is 7. The predicted molar refractivity (Wildman–Crippen MR) is 133 cm³/mol. The minimum Gasteiger partial charge on any atom is -0.454 e. The summed E-state index contributed by atoms with van der Waals surface area (Å²) in [6.07, 6.45) is 1.02. The number of benzene rings is 2. The van der Waals surface area contributed by atoms with Crippen LogP contribution in [0, 0.1) is 0 Å². The third-order valence-electron chi connectivity index (χ3n) is 6.39. The zero-order chi connectivity index (χ0) is 24.6. The molecule has 2 aliphatic rings. The SMILES string of the molecule is C[C@@H](O)CNS(=O)(=O)c1ccc(-c2cccc(CC(=O)C3(c4ccc5c(c4)OCO5)CC3)n2)cc1.[HH].[HH]. The Bertz CT molecular complexity index is 1380. The van der Waals surface area contributed by atoms with E-state index in [1.807, 2.05) is 36.4 Å². The molecule has 9 heteroatoms. The summed E-state index contributed by atoms with van der Waals surface area (Å²) in [5.41, 5.74) is 2.50. The fraction of sp³-hybridized carbons (Fsp3) is 0.308. The fourth-order valence-electron chi connectivity index (χ4n) is 4.24. The quantitative estimate of drug-likeness (QED) is 0.464.